The second-order valence-electron chi connectivity index (χ2n) is 5.11. The predicted molar refractivity (Wildman–Crippen MR) is 88.3 cm³/mol. The van der Waals surface area contributed by atoms with E-state index in [2.05, 4.69) is 20.4 Å². The summed E-state index contributed by atoms with van der Waals surface area (Å²) >= 11 is 0. The Morgan fingerprint density at radius 1 is 1.04 bits per heavy atom. The molecule has 0 aliphatic heterocycles. The van der Waals surface area contributed by atoms with Gasteiger partial charge in [-0.25, -0.2) is 4.98 Å². The molecule has 2 aromatic heterocycles. The summed E-state index contributed by atoms with van der Waals surface area (Å²) in [5.41, 5.74) is 3.54. The van der Waals surface area contributed by atoms with Crippen LogP contribution in [0.15, 0.2) is 18.2 Å². The van der Waals surface area contributed by atoms with Crippen molar-refractivity contribution in [1.82, 2.24) is 19.6 Å². The third-order valence-electron chi connectivity index (χ3n) is 3.67. The maximum atomic E-state index is 5.40. The molecule has 0 amide bonds. The molecule has 0 aliphatic rings. The zero-order valence-corrected chi connectivity index (χ0v) is 13.8. The first kappa shape index (κ1) is 15.1. The van der Waals surface area contributed by atoms with Gasteiger partial charge in [-0.05, 0) is 31.5 Å². The molecule has 0 saturated carbocycles. The zero-order valence-electron chi connectivity index (χ0n) is 13.8. The normalized spacial score (nSPS) is 10.8. The Bertz CT molecular complexity index is 873. The number of nitrogens with zero attached hydrogens (tertiary/aromatic N) is 4. The van der Waals surface area contributed by atoms with Crippen LogP contribution in [0.1, 0.15) is 11.5 Å². The molecule has 7 heteroatoms. The van der Waals surface area contributed by atoms with E-state index >= 15 is 0 Å². The minimum Gasteiger partial charge on any atom is -0.493 e. The van der Waals surface area contributed by atoms with Crippen molar-refractivity contribution in [2.45, 2.75) is 13.8 Å². The number of aromatic nitrogens is 4. The molecule has 0 aliphatic carbocycles. The molecule has 0 bridgehead atoms. The van der Waals surface area contributed by atoms with Crippen molar-refractivity contribution < 1.29 is 9.47 Å². The van der Waals surface area contributed by atoms with Crippen molar-refractivity contribution in [2.24, 2.45) is 0 Å². The highest BCUT2D eigenvalue weighted by atomic mass is 16.5. The van der Waals surface area contributed by atoms with Gasteiger partial charge in [-0.2, -0.15) is 14.6 Å². The zero-order chi connectivity index (χ0) is 16.6. The predicted octanol–water partition coefficient (Wildman–Crippen LogP) is 2.47. The van der Waals surface area contributed by atoms with Gasteiger partial charge in [0.05, 0.1) is 19.9 Å². The van der Waals surface area contributed by atoms with Gasteiger partial charge in [0, 0.05) is 12.6 Å². The van der Waals surface area contributed by atoms with E-state index in [-0.39, 0.29) is 0 Å². The van der Waals surface area contributed by atoms with E-state index in [0.29, 0.717) is 23.3 Å². The lowest BCUT2D eigenvalue weighted by Crippen LogP contribution is -2.05. The van der Waals surface area contributed by atoms with Gasteiger partial charge in [-0.3, -0.25) is 0 Å². The highest BCUT2D eigenvalue weighted by Crippen LogP contribution is 2.35. The molecule has 23 heavy (non-hydrogen) atoms. The summed E-state index contributed by atoms with van der Waals surface area (Å²) in [4.78, 5) is 8.92. The van der Waals surface area contributed by atoms with E-state index < -0.39 is 0 Å². The van der Waals surface area contributed by atoms with Crippen molar-refractivity contribution in [3.8, 4) is 22.6 Å². The smallest absolute Gasteiger partial charge is 0.227 e. The van der Waals surface area contributed by atoms with Crippen molar-refractivity contribution >= 4 is 11.6 Å². The summed E-state index contributed by atoms with van der Waals surface area (Å²) < 4.78 is 12.4. The van der Waals surface area contributed by atoms with Crippen LogP contribution in [0, 0.1) is 13.8 Å². The topological polar surface area (TPSA) is 73.6 Å². The monoisotopic (exact) mass is 313 g/mol. The summed E-state index contributed by atoms with van der Waals surface area (Å²) in [5.74, 6) is 2.70. The quantitative estimate of drug-likeness (QED) is 0.797. The van der Waals surface area contributed by atoms with Gasteiger partial charge in [-0.1, -0.05) is 6.07 Å². The molecule has 2 heterocycles. The van der Waals surface area contributed by atoms with E-state index in [1.807, 2.05) is 39.1 Å². The number of benzene rings is 1. The van der Waals surface area contributed by atoms with Crippen molar-refractivity contribution in [2.75, 3.05) is 26.6 Å². The maximum absolute atomic E-state index is 5.40. The Hall–Kier alpha value is -2.83. The van der Waals surface area contributed by atoms with Crippen LogP contribution in [0.2, 0.25) is 0 Å². The van der Waals surface area contributed by atoms with E-state index in [1.54, 1.807) is 18.7 Å². The average molecular weight is 313 g/mol. The molecule has 0 saturated heterocycles. The van der Waals surface area contributed by atoms with Crippen molar-refractivity contribution in [3.05, 3.63) is 29.7 Å². The Labute approximate surface area is 134 Å². The highest BCUT2D eigenvalue weighted by Gasteiger charge is 2.18. The molecular formula is C16H19N5O2. The molecule has 1 N–H and O–H groups in total. The SMILES string of the molecule is CNc1nc(C)nc2c(-c3ccc(OC)c(OC)c3)c(C)nn12. The third-order valence-corrected chi connectivity index (χ3v) is 3.67. The van der Waals surface area contributed by atoms with Crippen LogP contribution in [-0.4, -0.2) is 40.8 Å². The van der Waals surface area contributed by atoms with Crippen molar-refractivity contribution in [3.63, 3.8) is 0 Å². The van der Waals surface area contributed by atoms with Gasteiger partial charge in [0.15, 0.2) is 17.1 Å². The fourth-order valence-corrected chi connectivity index (χ4v) is 2.64. The summed E-state index contributed by atoms with van der Waals surface area (Å²) in [6.45, 7) is 3.82. The standard InChI is InChI=1S/C16H19N5O2/c1-9-14(11-6-7-12(22-4)13(8-11)23-5)15-18-10(2)19-16(17-3)21(15)20-9/h6-8H,1-5H3,(H,17,18,19). The number of ether oxygens (including phenoxy) is 2. The van der Waals surface area contributed by atoms with Gasteiger partial charge in [0.25, 0.3) is 0 Å². The maximum Gasteiger partial charge on any atom is 0.227 e. The first-order chi connectivity index (χ1) is 11.1. The number of rotatable bonds is 4. The number of aryl methyl sites for hydroxylation is 2. The Morgan fingerprint density at radius 2 is 1.78 bits per heavy atom. The van der Waals surface area contributed by atoms with Crippen LogP contribution in [0.4, 0.5) is 5.95 Å². The lowest BCUT2D eigenvalue weighted by atomic mass is 10.1. The fraction of sp³-hybridized carbons (Fsp3) is 0.312. The van der Waals surface area contributed by atoms with E-state index in [9.17, 15) is 0 Å². The van der Waals surface area contributed by atoms with Crippen LogP contribution < -0.4 is 14.8 Å². The number of nitrogens with one attached hydrogen (secondary N) is 1. The molecule has 1 aromatic carbocycles. The largest absolute Gasteiger partial charge is 0.493 e. The minimum atomic E-state index is 0.655. The Balaban J connectivity index is 2.28. The van der Waals surface area contributed by atoms with Gasteiger partial charge in [0.2, 0.25) is 5.95 Å². The molecular weight excluding hydrogens is 294 g/mol. The highest BCUT2D eigenvalue weighted by molar-refractivity contribution is 5.81. The second kappa shape index (κ2) is 5.75. The number of methoxy groups -OCH3 is 2. The Kier molecular flexibility index (Phi) is 3.77. The van der Waals surface area contributed by atoms with Crippen LogP contribution in [0.3, 0.4) is 0 Å². The molecule has 0 radical (unpaired) electrons. The molecule has 3 rings (SSSR count). The van der Waals surface area contributed by atoms with E-state index in [1.165, 1.54) is 0 Å². The van der Waals surface area contributed by atoms with Crippen molar-refractivity contribution in [1.29, 1.82) is 0 Å². The molecule has 0 fully saturated rings. The lowest BCUT2D eigenvalue weighted by molar-refractivity contribution is 0.355. The fourth-order valence-electron chi connectivity index (χ4n) is 2.64. The lowest BCUT2D eigenvalue weighted by Gasteiger charge is -2.09. The van der Waals surface area contributed by atoms with Gasteiger partial charge in [-0.15, -0.1) is 0 Å². The number of anilines is 1. The first-order valence-electron chi connectivity index (χ1n) is 7.23. The van der Waals surface area contributed by atoms with Gasteiger partial charge in [0.1, 0.15) is 5.82 Å². The first-order valence-corrected chi connectivity index (χ1v) is 7.23. The van der Waals surface area contributed by atoms with Crippen LogP contribution in [0.5, 0.6) is 11.5 Å². The van der Waals surface area contributed by atoms with Crippen LogP contribution in [0.25, 0.3) is 16.8 Å². The second-order valence-corrected chi connectivity index (χ2v) is 5.11. The molecule has 120 valence electrons. The van der Waals surface area contributed by atoms with E-state index in [0.717, 1.165) is 22.5 Å². The number of hydrogen-bond acceptors (Lipinski definition) is 6. The van der Waals surface area contributed by atoms with Gasteiger partial charge >= 0.3 is 0 Å². The summed E-state index contributed by atoms with van der Waals surface area (Å²) in [6, 6.07) is 5.78. The number of hydrogen-bond donors (Lipinski definition) is 1. The molecule has 0 atom stereocenters. The molecule has 7 nitrogen and oxygen atoms in total. The summed E-state index contributed by atoms with van der Waals surface area (Å²) in [7, 11) is 5.05. The molecule has 0 unspecified atom stereocenters. The number of fused-ring (bicyclic) bond motifs is 1. The van der Waals surface area contributed by atoms with E-state index in [4.69, 9.17) is 9.47 Å². The van der Waals surface area contributed by atoms with Crippen LogP contribution >= 0.6 is 0 Å². The minimum absolute atomic E-state index is 0.655. The summed E-state index contributed by atoms with van der Waals surface area (Å²) in [5, 5.41) is 7.60. The molecule has 3 aromatic rings. The molecule has 0 spiro atoms. The van der Waals surface area contributed by atoms with Crippen LogP contribution in [-0.2, 0) is 0 Å². The average Bonchev–Trinajstić information content (AvgIpc) is 2.89. The summed E-state index contributed by atoms with van der Waals surface area (Å²) in [6.07, 6.45) is 0. The Morgan fingerprint density at radius 3 is 2.43 bits per heavy atom. The third kappa shape index (κ3) is 2.44. The van der Waals surface area contributed by atoms with Gasteiger partial charge < -0.3 is 14.8 Å².